The number of hydrogen-bond donors (Lipinski definition) is 1. The van der Waals surface area contributed by atoms with Gasteiger partial charge in [0.05, 0.1) is 0 Å². The molecule has 0 bridgehead atoms. The fourth-order valence-corrected chi connectivity index (χ4v) is 3.97. The molecule has 3 nitrogen and oxygen atoms in total. The van der Waals surface area contributed by atoms with Gasteiger partial charge in [0.25, 0.3) is 0 Å². The van der Waals surface area contributed by atoms with Crippen molar-refractivity contribution in [3.63, 3.8) is 0 Å². The molecule has 1 heterocycles. The molecule has 2 rings (SSSR count). The predicted molar refractivity (Wildman–Crippen MR) is 77.2 cm³/mol. The highest BCUT2D eigenvalue weighted by Gasteiger charge is 2.44. The van der Waals surface area contributed by atoms with Crippen molar-refractivity contribution in [2.75, 3.05) is 19.6 Å². The van der Waals surface area contributed by atoms with Crippen LogP contribution in [0, 0.1) is 17.3 Å². The average molecular weight is 267 g/mol. The summed E-state index contributed by atoms with van der Waals surface area (Å²) in [6.45, 7) is 8.22. The molecular formula is C16H29NO2. The van der Waals surface area contributed by atoms with Gasteiger partial charge in [-0.1, -0.05) is 26.7 Å². The molecule has 0 amide bonds. The van der Waals surface area contributed by atoms with Crippen LogP contribution in [0.5, 0.6) is 0 Å². The maximum absolute atomic E-state index is 10.7. The van der Waals surface area contributed by atoms with Crippen LogP contribution in [0.25, 0.3) is 0 Å². The zero-order chi connectivity index (χ0) is 13.9. The van der Waals surface area contributed by atoms with Gasteiger partial charge in [0.15, 0.2) is 0 Å². The fourth-order valence-electron chi connectivity index (χ4n) is 3.97. The van der Waals surface area contributed by atoms with Crippen molar-refractivity contribution in [3.05, 3.63) is 0 Å². The van der Waals surface area contributed by atoms with Crippen molar-refractivity contribution in [3.8, 4) is 0 Å². The molecule has 2 aliphatic rings. The summed E-state index contributed by atoms with van der Waals surface area (Å²) in [6.07, 6.45) is 8.08. The number of aliphatic carboxylic acids is 1. The summed E-state index contributed by atoms with van der Waals surface area (Å²) in [5.41, 5.74) is 0.689. The summed E-state index contributed by atoms with van der Waals surface area (Å²) >= 11 is 0. The molecule has 1 spiro atoms. The van der Waals surface area contributed by atoms with Crippen LogP contribution in [0.15, 0.2) is 0 Å². The van der Waals surface area contributed by atoms with E-state index in [0.717, 1.165) is 6.42 Å². The van der Waals surface area contributed by atoms with E-state index in [0.29, 0.717) is 23.7 Å². The Bertz CT molecular complexity index is 300. The monoisotopic (exact) mass is 267 g/mol. The first kappa shape index (κ1) is 14.8. The normalized spacial score (nSPS) is 23.7. The Morgan fingerprint density at radius 2 is 1.84 bits per heavy atom. The third kappa shape index (κ3) is 3.95. The van der Waals surface area contributed by atoms with Crippen LogP contribution in [0.2, 0.25) is 0 Å². The topological polar surface area (TPSA) is 40.5 Å². The highest BCUT2D eigenvalue weighted by molar-refractivity contribution is 5.66. The smallest absolute Gasteiger partial charge is 0.303 e. The van der Waals surface area contributed by atoms with E-state index in [2.05, 4.69) is 18.7 Å². The Balaban J connectivity index is 1.67. The first-order valence-electron chi connectivity index (χ1n) is 7.95. The van der Waals surface area contributed by atoms with Gasteiger partial charge >= 0.3 is 5.97 Å². The number of carbonyl (C=O) groups is 1. The van der Waals surface area contributed by atoms with Crippen molar-refractivity contribution < 1.29 is 9.90 Å². The molecule has 110 valence electrons. The van der Waals surface area contributed by atoms with E-state index in [4.69, 9.17) is 5.11 Å². The minimum absolute atomic E-state index is 0.326. The Morgan fingerprint density at radius 3 is 2.37 bits per heavy atom. The number of rotatable bonds is 7. The average Bonchev–Trinajstić information content (AvgIpc) is 2.76. The van der Waals surface area contributed by atoms with Crippen molar-refractivity contribution in [1.82, 2.24) is 4.90 Å². The standard InChI is InChI=1S/C16H29NO2/c1-13(2)14(5-6-15(18)19)7-10-17-11-16(12-17)8-3-4-9-16/h13-14H,3-12H2,1-2H3,(H,18,19). The minimum Gasteiger partial charge on any atom is -0.481 e. The summed E-state index contributed by atoms with van der Waals surface area (Å²) in [4.78, 5) is 13.3. The SMILES string of the molecule is CC(C)C(CCC(=O)O)CCN1CC2(CCCC2)C1. The Kier molecular flexibility index (Phi) is 4.88. The van der Waals surface area contributed by atoms with Gasteiger partial charge < -0.3 is 10.0 Å². The predicted octanol–water partition coefficient (Wildman–Crippen LogP) is 3.39. The van der Waals surface area contributed by atoms with E-state index in [-0.39, 0.29) is 0 Å². The second kappa shape index (κ2) is 6.25. The number of carboxylic acid groups (broad SMARTS) is 1. The van der Waals surface area contributed by atoms with Gasteiger partial charge in [0.1, 0.15) is 0 Å². The first-order chi connectivity index (χ1) is 9.01. The maximum Gasteiger partial charge on any atom is 0.303 e. The molecule has 1 atom stereocenters. The van der Waals surface area contributed by atoms with Crippen LogP contribution in [-0.4, -0.2) is 35.6 Å². The third-order valence-corrected chi connectivity index (χ3v) is 5.27. The Morgan fingerprint density at radius 1 is 1.21 bits per heavy atom. The lowest BCUT2D eigenvalue weighted by Crippen LogP contribution is -2.55. The van der Waals surface area contributed by atoms with E-state index in [1.807, 2.05) is 0 Å². The molecule has 2 fully saturated rings. The number of nitrogens with zero attached hydrogens (tertiary/aromatic N) is 1. The first-order valence-corrected chi connectivity index (χ1v) is 7.95. The zero-order valence-corrected chi connectivity index (χ0v) is 12.5. The summed E-state index contributed by atoms with van der Waals surface area (Å²) in [6, 6.07) is 0. The van der Waals surface area contributed by atoms with Gasteiger partial charge in [0, 0.05) is 19.5 Å². The van der Waals surface area contributed by atoms with Gasteiger partial charge in [-0.15, -0.1) is 0 Å². The number of carboxylic acids is 1. The Labute approximate surface area is 117 Å². The van der Waals surface area contributed by atoms with Gasteiger partial charge in [0.2, 0.25) is 0 Å². The quantitative estimate of drug-likeness (QED) is 0.768. The molecule has 1 unspecified atom stereocenters. The molecular weight excluding hydrogens is 238 g/mol. The van der Waals surface area contributed by atoms with Crippen LogP contribution in [0.3, 0.4) is 0 Å². The molecule has 0 aromatic heterocycles. The van der Waals surface area contributed by atoms with Gasteiger partial charge in [-0.25, -0.2) is 0 Å². The third-order valence-electron chi connectivity index (χ3n) is 5.27. The molecule has 1 saturated carbocycles. The highest BCUT2D eigenvalue weighted by Crippen LogP contribution is 2.45. The van der Waals surface area contributed by atoms with Crippen molar-refractivity contribution in [1.29, 1.82) is 0 Å². The lowest BCUT2D eigenvalue weighted by Gasteiger charge is -2.49. The van der Waals surface area contributed by atoms with Crippen molar-refractivity contribution in [2.45, 2.75) is 58.8 Å². The summed E-state index contributed by atoms with van der Waals surface area (Å²) in [5.74, 6) is 0.511. The van der Waals surface area contributed by atoms with Crippen LogP contribution < -0.4 is 0 Å². The van der Waals surface area contributed by atoms with E-state index in [1.165, 1.54) is 51.7 Å². The molecule has 1 N–H and O–H groups in total. The molecule has 1 saturated heterocycles. The zero-order valence-electron chi connectivity index (χ0n) is 12.5. The molecule has 19 heavy (non-hydrogen) atoms. The Hall–Kier alpha value is -0.570. The van der Waals surface area contributed by atoms with Crippen LogP contribution in [0.1, 0.15) is 58.8 Å². The van der Waals surface area contributed by atoms with E-state index in [9.17, 15) is 4.79 Å². The fraction of sp³-hybridized carbons (Fsp3) is 0.938. The largest absolute Gasteiger partial charge is 0.481 e. The summed E-state index contributed by atoms with van der Waals surface area (Å²) in [7, 11) is 0. The maximum atomic E-state index is 10.7. The van der Waals surface area contributed by atoms with E-state index >= 15 is 0 Å². The van der Waals surface area contributed by atoms with Crippen molar-refractivity contribution in [2.24, 2.45) is 17.3 Å². The van der Waals surface area contributed by atoms with Gasteiger partial charge in [-0.05, 0) is 49.5 Å². The summed E-state index contributed by atoms with van der Waals surface area (Å²) in [5, 5.41) is 8.81. The van der Waals surface area contributed by atoms with E-state index in [1.54, 1.807) is 0 Å². The number of likely N-dealkylation sites (tertiary alicyclic amines) is 1. The number of hydrogen-bond acceptors (Lipinski definition) is 2. The second-order valence-corrected chi connectivity index (χ2v) is 7.14. The molecule has 0 radical (unpaired) electrons. The van der Waals surface area contributed by atoms with E-state index < -0.39 is 5.97 Å². The van der Waals surface area contributed by atoms with Crippen LogP contribution in [-0.2, 0) is 4.79 Å². The molecule has 1 aliphatic carbocycles. The summed E-state index contributed by atoms with van der Waals surface area (Å²) < 4.78 is 0. The highest BCUT2D eigenvalue weighted by atomic mass is 16.4. The van der Waals surface area contributed by atoms with Gasteiger partial charge in [-0.3, -0.25) is 4.79 Å². The molecule has 1 aliphatic heterocycles. The molecule has 3 heteroatoms. The lowest BCUT2D eigenvalue weighted by atomic mass is 9.77. The van der Waals surface area contributed by atoms with Crippen LogP contribution in [0.4, 0.5) is 0 Å². The molecule has 0 aromatic rings. The van der Waals surface area contributed by atoms with Gasteiger partial charge in [-0.2, -0.15) is 0 Å². The second-order valence-electron chi connectivity index (χ2n) is 7.14. The van der Waals surface area contributed by atoms with Crippen molar-refractivity contribution >= 4 is 5.97 Å². The minimum atomic E-state index is -0.653. The molecule has 0 aromatic carbocycles. The van der Waals surface area contributed by atoms with Crippen LogP contribution >= 0.6 is 0 Å². The lowest BCUT2D eigenvalue weighted by molar-refractivity contribution is -0.137.